The van der Waals surface area contributed by atoms with E-state index in [-0.39, 0.29) is 17.0 Å². The zero-order valence-electron chi connectivity index (χ0n) is 20.6. The van der Waals surface area contributed by atoms with Gasteiger partial charge in [0.2, 0.25) is 11.2 Å². The first-order valence-electron chi connectivity index (χ1n) is 12.1. The van der Waals surface area contributed by atoms with Crippen molar-refractivity contribution in [2.45, 2.75) is 33.4 Å². The first-order valence-corrected chi connectivity index (χ1v) is 12.1. The third-order valence-electron chi connectivity index (χ3n) is 6.09. The van der Waals surface area contributed by atoms with Gasteiger partial charge in [0.1, 0.15) is 35.4 Å². The summed E-state index contributed by atoms with van der Waals surface area (Å²) in [4.78, 5) is 27.5. The largest absolute Gasteiger partial charge is 0.478 e. The van der Waals surface area contributed by atoms with Gasteiger partial charge in [-0.15, -0.1) is 0 Å². The monoisotopic (exact) mass is 503 g/mol. The highest BCUT2D eigenvalue weighted by molar-refractivity contribution is 5.89. The van der Waals surface area contributed by atoms with Gasteiger partial charge >= 0.3 is 5.97 Å². The molecule has 5 rings (SSSR count). The Balaban J connectivity index is 1.40. The molecule has 0 aliphatic carbocycles. The quantitative estimate of drug-likeness (QED) is 0.288. The molecular weight excluding hydrogens is 477 g/mol. The topological polar surface area (TPSA) is 78.2 Å². The van der Waals surface area contributed by atoms with E-state index in [2.05, 4.69) is 0 Å². The Hall–Kier alpha value is -4.17. The zero-order chi connectivity index (χ0) is 25.9. The minimum absolute atomic E-state index is 0.0775. The Morgan fingerprint density at radius 3 is 2.54 bits per heavy atom. The molecule has 190 valence electrons. The molecule has 0 N–H and O–H groups in total. The Kier molecular flexibility index (Phi) is 6.92. The van der Waals surface area contributed by atoms with Crippen molar-refractivity contribution < 1.29 is 27.8 Å². The van der Waals surface area contributed by atoms with Crippen LogP contribution in [0.15, 0.2) is 69.9 Å². The van der Waals surface area contributed by atoms with Crippen molar-refractivity contribution in [1.29, 1.82) is 0 Å². The van der Waals surface area contributed by atoms with Crippen LogP contribution < -0.4 is 14.9 Å². The first-order chi connectivity index (χ1) is 17.9. The molecule has 8 heteroatoms. The molecule has 0 atom stereocenters. The zero-order valence-corrected chi connectivity index (χ0v) is 20.6. The molecule has 37 heavy (non-hydrogen) atoms. The number of carbonyl (C=O) groups excluding carboxylic acids is 1. The van der Waals surface area contributed by atoms with E-state index in [1.807, 2.05) is 11.8 Å². The number of esters is 1. The normalized spacial score (nSPS) is 13.2. The lowest BCUT2D eigenvalue weighted by Gasteiger charge is -2.29. The lowest BCUT2D eigenvalue weighted by Crippen LogP contribution is -2.31. The average Bonchev–Trinajstić information content (AvgIpc) is 2.91. The van der Waals surface area contributed by atoms with Crippen molar-refractivity contribution in [3.8, 4) is 17.2 Å². The van der Waals surface area contributed by atoms with Gasteiger partial charge in [0.15, 0.2) is 0 Å². The van der Waals surface area contributed by atoms with Crippen LogP contribution in [0.4, 0.5) is 4.39 Å². The van der Waals surface area contributed by atoms with Crippen LogP contribution in [0.5, 0.6) is 17.2 Å². The van der Waals surface area contributed by atoms with E-state index < -0.39 is 5.97 Å². The molecule has 2 heterocycles. The van der Waals surface area contributed by atoms with Gasteiger partial charge in [-0.3, -0.25) is 9.69 Å². The third kappa shape index (κ3) is 5.20. The van der Waals surface area contributed by atoms with Gasteiger partial charge in [-0.2, -0.15) is 0 Å². The highest BCUT2D eigenvalue weighted by atomic mass is 19.1. The predicted molar refractivity (Wildman–Crippen MR) is 135 cm³/mol. The molecule has 0 saturated carbocycles. The molecule has 0 amide bonds. The molecule has 0 bridgehead atoms. The van der Waals surface area contributed by atoms with Crippen LogP contribution in [-0.4, -0.2) is 24.2 Å². The number of ether oxygens (including phenoxy) is 3. The summed E-state index contributed by atoms with van der Waals surface area (Å²) in [5, 5.41) is 0.381. The second kappa shape index (κ2) is 10.4. The fraction of sp³-hybridized carbons (Fsp3) is 0.241. The summed E-state index contributed by atoms with van der Waals surface area (Å²) < 4.78 is 36.3. The number of halogens is 1. The molecule has 0 radical (unpaired) electrons. The minimum atomic E-state index is -0.407. The lowest BCUT2D eigenvalue weighted by molar-refractivity contribution is 0.0505. The Bertz CT molecular complexity index is 1490. The van der Waals surface area contributed by atoms with Crippen molar-refractivity contribution >= 4 is 16.9 Å². The molecule has 0 fully saturated rings. The van der Waals surface area contributed by atoms with E-state index in [0.717, 1.165) is 17.5 Å². The Labute approximate surface area is 213 Å². The molecule has 0 saturated heterocycles. The number of carbonyl (C=O) groups is 1. The highest BCUT2D eigenvalue weighted by Gasteiger charge is 2.24. The van der Waals surface area contributed by atoms with Gasteiger partial charge in [-0.05, 0) is 67.4 Å². The summed E-state index contributed by atoms with van der Waals surface area (Å²) >= 11 is 0. The molecule has 1 aromatic heterocycles. The SMILES string of the molecule is CCCOC(=O)c1ccc(Oc2c(C)oc3c4c(ccc3c2=O)OCN(Cc2ccc(F)cc2)C4)cc1. The van der Waals surface area contributed by atoms with Gasteiger partial charge in [-0.25, -0.2) is 9.18 Å². The third-order valence-corrected chi connectivity index (χ3v) is 6.09. The van der Waals surface area contributed by atoms with Crippen molar-refractivity contribution in [3.63, 3.8) is 0 Å². The number of aryl methyl sites for hydroxylation is 1. The van der Waals surface area contributed by atoms with Crippen molar-refractivity contribution in [2.24, 2.45) is 0 Å². The van der Waals surface area contributed by atoms with Crippen molar-refractivity contribution in [1.82, 2.24) is 4.90 Å². The van der Waals surface area contributed by atoms with Gasteiger partial charge in [0.05, 0.1) is 23.1 Å². The summed E-state index contributed by atoms with van der Waals surface area (Å²) in [6.45, 7) is 5.38. The lowest BCUT2D eigenvalue weighted by atomic mass is 10.1. The summed E-state index contributed by atoms with van der Waals surface area (Å²) in [6, 6.07) is 16.2. The number of fused-ring (bicyclic) bond motifs is 3. The maximum absolute atomic E-state index is 13.4. The van der Waals surface area contributed by atoms with E-state index in [9.17, 15) is 14.0 Å². The number of hydrogen-bond acceptors (Lipinski definition) is 7. The van der Waals surface area contributed by atoms with Crippen LogP contribution in [0, 0.1) is 12.7 Å². The maximum atomic E-state index is 13.4. The van der Waals surface area contributed by atoms with E-state index in [1.54, 1.807) is 55.5 Å². The molecular formula is C29H26FNO6. The molecule has 0 unspecified atom stereocenters. The smallest absolute Gasteiger partial charge is 0.338 e. The second-order valence-electron chi connectivity index (χ2n) is 8.88. The molecule has 1 aliphatic heterocycles. The first kappa shape index (κ1) is 24.5. The highest BCUT2D eigenvalue weighted by Crippen LogP contribution is 2.34. The van der Waals surface area contributed by atoms with Gasteiger partial charge in [-0.1, -0.05) is 19.1 Å². The van der Waals surface area contributed by atoms with Crippen LogP contribution in [0.1, 0.15) is 40.6 Å². The maximum Gasteiger partial charge on any atom is 0.338 e. The van der Waals surface area contributed by atoms with E-state index in [4.69, 9.17) is 18.6 Å². The summed E-state index contributed by atoms with van der Waals surface area (Å²) in [6.07, 6.45) is 0.742. The van der Waals surface area contributed by atoms with Gasteiger partial charge in [0.25, 0.3) is 0 Å². The average molecular weight is 504 g/mol. The minimum Gasteiger partial charge on any atom is -0.478 e. The van der Waals surface area contributed by atoms with Crippen LogP contribution in [0.3, 0.4) is 0 Å². The number of benzene rings is 3. The van der Waals surface area contributed by atoms with Crippen molar-refractivity contribution in [3.05, 3.63) is 99.2 Å². The van der Waals surface area contributed by atoms with Crippen LogP contribution in [-0.2, 0) is 17.8 Å². The second-order valence-corrected chi connectivity index (χ2v) is 8.88. The van der Waals surface area contributed by atoms with Crippen LogP contribution >= 0.6 is 0 Å². The molecule has 7 nitrogen and oxygen atoms in total. The number of rotatable bonds is 7. The van der Waals surface area contributed by atoms with Gasteiger partial charge < -0.3 is 18.6 Å². The van der Waals surface area contributed by atoms with Crippen LogP contribution in [0.25, 0.3) is 11.0 Å². The fourth-order valence-corrected chi connectivity index (χ4v) is 4.22. The summed E-state index contributed by atoms with van der Waals surface area (Å²) in [5.74, 6) is 0.769. The number of hydrogen-bond donors (Lipinski definition) is 0. The Morgan fingerprint density at radius 1 is 1.05 bits per heavy atom. The van der Waals surface area contributed by atoms with Gasteiger partial charge in [0, 0.05) is 13.1 Å². The molecule has 1 aliphatic rings. The summed E-state index contributed by atoms with van der Waals surface area (Å²) in [5.41, 5.74) is 2.27. The van der Waals surface area contributed by atoms with E-state index in [1.165, 1.54) is 12.1 Å². The summed E-state index contributed by atoms with van der Waals surface area (Å²) in [7, 11) is 0. The van der Waals surface area contributed by atoms with E-state index >= 15 is 0 Å². The van der Waals surface area contributed by atoms with Crippen molar-refractivity contribution in [2.75, 3.05) is 13.3 Å². The molecule has 4 aromatic rings. The standard InChI is InChI=1S/C29H26FNO6/c1-3-14-34-29(33)20-6-10-22(11-7-20)37-27-18(2)36-28-23(26(27)32)12-13-25-24(28)16-31(17-35-25)15-19-4-8-21(30)9-5-19/h4-13H,3,14-17H2,1-2H3. The number of nitrogens with zero attached hydrogens (tertiary/aromatic N) is 1. The van der Waals surface area contributed by atoms with Crippen LogP contribution in [0.2, 0.25) is 0 Å². The predicted octanol–water partition coefficient (Wildman–Crippen LogP) is 5.95. The molecule has 0 spiro atoms. The van der Waals surface area contributed by atoms with E-state index in [0.29, 0.717) is 60.2 Å². The molecule has 3 aromatic carbocycles. The Morgan fingerprint density at radius 2 is 1.81 bits per heavy atom. The fourth-order valence-electron chi connectivity index (χ4n) is 4.22.